The Balaban J connectivity index is 2.61. The number of carboxylic acid groups (broad SMARTS) is 1. The Hall–Kier alpha value is -1.69. The Bertz CT molecular complexity index is 580. The zero-order valence-electron chi connectivity index (χ0n) is 9.58. The van der Waals surface area contributed by atoms with Gasteiger partial charge in [-0.15, -0.1) is 0 Å². The van der Waals surface area contributed by atoms with Crippen LogP contribution in [0.15, 0.2) is 18.2 Å². The van der Waals surface area contributed by atoms with Crippen molar-refractivity contribution in [1.29, 1.82) is 0 Å². The number of alkyl halides is 3. The van der Waals surface area contributed by atoms with Crippen LogP contribution in [-0.2, 0) is 4.79 Å². The van der Waals surface area contributed by atoms with Crippen molar-refractivity contribution in [3.63, 3.8) is 0 Å². The number of rotatable bonds is 1. The molecule has 0 radical (unpaired) electrons. The lowest BCUT2D eigenvalue weighted by atomic mass is 9.96. The summed E-state index contributed by atoms with van der Waals surface area (Å²) in [5, 5.41) is 9.21. The summed E-state index contributed by atoms with van der Waals surface area (Å²) in [6, 6.07) is 2.81. The SMILES string of the molecule is Cc1cc(Cl)cc2c1OC(C(=O)O)(C(F)(F)F)C=C2. The van der Waals surface area contributed by atoms with Gasteiger partial charge in [0.1, 0.15) is 5.75 Å². The molecule has 1 aliphatic heterocycles. The highest BCUT2D eigenvalue weighted by Crippen LogP contribution is 2.43. The van der Waals surface area contributed by atoms with Crippen LogP contribution >= 0.6 is 11.6 Å². The number of ether oxygens (including phenoxy) is 1. The number of fused-ring (bicyclic) bond motifs is 1. The number of aryl methyl sites for hydroxylation is 1. The van der Waals surface area contributed by atoms with Crippen LogP contribution in [0.3, 0.4) is 0 Å². The van der Waals surface area contributed by atoms with Crippen molar-refractivity contribution >= 4 is 23.6 Å². The van der Waals surface area contributed by atoms with Crippen molar-refractivity contribution in [1.82, 2.24) is 0 Å². The molecule has 0 saturated heterocycles. The molecule has 0 bridgehead atoms. The number of carbonyl (C=O) groups is 1. The molecule has 102 valence electrons. The van der Waals surface area contributed by atoms with Gasteiger partial charge in [-0.3, -0.25) is 0 Å². The van der Waals surface area contributed by atoms with Crippen molar-refractivity contribution in [3.05, 3.63) is 34.4 Å². The molecule has 1 N–H and O–H groups in total. The summed E-state index contributed by atoms with van der Waals surface area (Å²) in [6.45, 7) is 1.49. The van der Waals surface area contributed by atoms with E-state index in [0.29, 0.717) is 22.2 Å². The molecule has 0 amide bonds. The van der Waals surface area contributed by atoms with Crippen LogP contribution in [-0.4, -0.2) is 22.9 Å². The lowest BCUT2D eigenvalue weighted by molar-refractivity contribution is -0.235. The maximum Gasteiger partial charge on any atom is 0.443 e. The van der Waals surface area contributed by atoms with Gasteiger partial charge in [-0.25, -0.2) is 4.79 Å². The number of hydrogen-bond acceptors (Lipinski definition) is 2. The molecule has 0 saturated carbocycles. The molecule has 1 aliphatic rings. The molecule has 1 heterocycles. The zero-order valence-corrected chi connectivity index (χ0v) is 10.3. The number of aliphatic carboxylic acids is 1. The van der Waals surface area contributed by atoms with E-state index in [1.54, 1.807) is 0 Å². The average molecular weight is 293 g/mol. The number of halogens is 4. The standard InChI is InChI=1S/C12H8ClF3O3/c1-6-4-8(13)5-7-2-3-11(10(17)18,12(14,15)16)19-9(6)7/h2-5H,1H3,(H,17,18). The molecule has 19 heavy (non-hydrogen) atoms. The lowest BCUT2D eigenvalue weighted by Gasteiger charge is -2.33. The second kappa shape index (κ2) is 4.16. The lowest BCUT2D eigenvalue weighted by Crippen LogP contribution is -2.56. The minimum atomic E-state index is -5.07. The first-order chi connectivity index (χ1) is 8.67. The molecule has 2 rings (SSSR count). The Morgan fingerprint density at radius 3 is 2.58 bits per heavy atom. The summed E-state index contributed by atoms with van der Waals surface area (Å²) >= 11 is 5.78. The van der Waals surface area contributed by atoms with Gasteiger partial charge in [0.05, 0.1) is 0 Å². The fourth-order valence-electron chi connectivity index (χ4n) is 1.81. The van der Waals surface area contributed by atoms with Crippen molar-refractivity contribution < 1.29 is 27.8 Å². The van der Waals surface area contributed by atoms with Crippen LogP contribution < -0.4 is 4.74 Å². The van der Waals surface area contributed by atoms with Gasteiger partial charge in [-0.1, -0.05) is 17.7 Å². The number of benzene rings is 1. The predicted octanol–water partition coefficient (Wildman–Crippen LogP) is 3.44. The Labute approximate surface area is 111 Å². The van der Waals surface area contributed by atoms with Crippen LogP contribution in [0, 0.1) is 6.92 Å². The Kier molecular flexibility index (Phi) is 3.01. The van der Waals surface area contributed by atoms with Gasteiger partial charge in [-0.05, 0) is 30.7 Å². The first kappa shape index (κ1) is 13.7. The fraction of sp³-hybridized carbons (Fsp3) is 0.250. The molecule has 0 fully saturated rings. The third-order valence-corrected chi connectivity index (χ3v) is 2.99. The summed E-state index contributed by atoms with van der Waals surface area (Å²) in [5.74, 6) is -2.25. The first-order valence-electron chi connectivity index (χ1n) is 5.16. The van der Waals surface area contributed by atoms with E-state index in [-0.39, 0.29) is 5.75 Å². The van der Waals surface area contributed by atoms with Gasteiger partial charge in [0, 0.05) is 10.6 Å². The average Bonchev–Trinajstić information content (AvgIpc) is 2.26. The van der Waals surface area contributed by atoms with Crippen LogP contribution in [0.5, 0.6) is 5.75 Å². The highest BCUT2D eigenvalue weighted by Gasteiger charge is 2.63. The third-order valence-electron chi connectivity index (χ3n) is 2.77. The van der Waals surface area contributed by atoms with Gasteiger partial charge in [0.25, 0.3) is 0 Å². The normalized spacial score (nSPS) is 21.7. The predicted molar refractivity (Wildman–Crippen MR) is 62.3 cm³/mol. The molecule has 1 aromatic carbocycles. The highest BCUT2D eigenvalue weighted by atomic mass is 35.5. The van der Waals surface area contributed by atoms with Crippen LogP contribution in [0.1, 0.15) is 11.1 Å². The van der Waals surface area contributed by atoms with Gasteiger partial charge in [-0.2, -0.15) is 13.2 Å². The monoisotopic (exact) mass is 292 g/mol. The molecule has 7 heteroatoms. The van der Waals surface area contributed by atoms with Gasteiger partial charge in [0.2, 0.25) is 0 Å². The fourth-order valence-corrected chi connectivity index (χ4v) is 2.09. The van der Waals surface area contributed by atoms with E-state index in [1.807, 2.05) is 0 Å². The zero-order chi connectivity index (χ0) is 14.4. The van der Waals surface area contributed by atoms with E-state index in [0.717, 1.165) is 6.08 Å². The summed E-state index contributed by atoms with van der Waals surface area (Å²) in [6.07, 6.45) is -3.54. The molecule has 0 aromatic heterocycles. The van der Waals surface area contributed by atoms with Crippen LogP contribution in [0.25, 0.3) is 6.08 Å². The molecule has 1 unspecified atom stereocenters. The summed E-state index contributed by atoms with van der Waals surface area (Å²) in [5.41, 5.74) is -2.72. The van der Waals surface area contributed by atoms with Gasteiger partial charge in [0.15, 0.2) is 0 Å². The van der Waals surface area contributed by atoms with E-state index in [9.17, 15) is 18.0 Å². The third kappa shape index (κ3) is 2.06. The van der Waals surface area contributed by atoms with E-state index in [1.165, 1.54) is 19.1 Å². The molecule has 1 aromatic rings. The quantitative estimate of drug-likeness (QED) is 0.862. The van der Waals surface area contributed by atoms with E-state index >= 15 is 0 Å². The van der Waals surface area contributed by atoms with E-state index in [4.69, 9.17) is 21.4 Å². The van der Waals surface area contributed by atoms with E-state index < -0.39 is 17.7 Å². The summed E-state index contributed by atoms with van der Waals surface area (Å²) in [7, 11) is 0. The second-order valence-corrected chi connectivity index (χ2v) is 4.55. The molecular weight excluding hydrogens is 285 g/mol. The van der Waals surface area contributed by atoms with Gasteiger partial charge >= 0.3 is 17.7 Å². The van der Waals surface area contributed by atoms with Crippen molar-refractivity contribution in [2.24, 2.45) is 0 Å². The maximum absolute atomic E-state index is 13.0. The van der Waals surface area contributed by atoms with Crippen LogP contribution in [0.4, 0.5) is 13.2 Å². The molecule has 0 spiro atoms. The largest absolute Gasteiger partial charge is 0.478 e. The summed E-state index contributed by atoms with van der Waals surface area (Å²) < 4.78 is 43.7. The van der Waals surface area contributed by atoms with Gasteiger partial charge < -0.3 is 9.84 Å². The number of hydrogen-bond donors (Lipinski definition) is 1. The minimum Gasteiger partial charge on any atom is -0.478 e. The maximum atomic E-state index is 13.0. The topological polar surface area (TPSA) is 46.5 Å². The first-order valence-corrected chi connectivity index (χ1v) is 5.54. The smallest absolute Gasteiger partial charge is 0.443 e. The van der Waals surface area contributed by atoms with Crippen molar-refractivity contribution in [3.8, 4) is 5.75 Å². The second-order valence-electron chi connectivity index (χ2n) is 4.11. The summed E-state index contributed by atoms with van der Waals surface area (Å²) in [4.78, 5) is 11.0. The Morgan fingerprint density at radius 2 is 2.05 bits per heavy atom. The Morgan fingerprint density at radius 1 is 1.42 bits per heavy atom. The minimum absolute atomic E-state index is 0.133. The van der Waals surface area contributed by atoms with Crippen molar-refractivity contribution in [2.45, 2.75) is 18.7 Å². The molecule has 1 atom stereocenters. The highest BCUT2D eigenvalue weighted by molar-refractivity contribution is 6.30. The van der Waals surface area contributed by atoms with Crippen molar-refractivity contribution in [2.75, 3.05) is 0 Å². The molecule has 0 aliphatic carbocycles. The molecule has 3 nitrogen and oxygen atoms in total. The number of carboxylic acids is 1. The van der Waals surface area contributed by atoms with E-state index in [2.05, 4.69) is 0 Å². The van der Waals surface area contributed by atoms with Crippen LogP contribution in [0.2, 0.25) is 5.02 Å². The molecular formula is C12H8ClF3O3.